The van der Waals surface area contributed by atoms with Gasteiger partial charge in [0.1, 0.15) is 0 Å². The topological polar surface area (TPSA) is 17.8 Å². The number of hydrogen-bond donors (Lipinski definition) is 0. The molecule has 1 aliphatic carbocycles. The van der Waals surface area contributed by atoms with E-state index in [9.17, 15) is 0 Å². The molecule has 2 rings (SSSR count). The summed E-state index contributed by atoms with van der Waals surface area (Å²) >= 11 is 3.42. The molecule has 0 unspecified atom stereocenters. The molecule has 3 heteroatoms. The standard InChI is InChI=1S/C14H21BrN2/c15-11-6-2-3-7-13-10-12-17(16-13)14-8-4-1-5-9-14/h2-3,10,12,14H,1,4-9,11H2. The van der Waals surface area contributed by atoms with Crippen molar-refractivity contribution in [3.05, 3.63) is 30.1 Å². The van der Waals surface area contributed by atoms with Crippen LogP contribution in [0.1, 0.15) is 50.3 Å². The lowest BCUT2D eigenvalue weighted by atomic mass is 9.96. The van der Waals surface area contributed by atoms with E-state index in [2.05, 4.69) is 50.1 Å². The smallest absolute Gasteiger partial charge is 0.0662 e. The minimum Gasteiger partial charge on any atom is -0.269 e. The number of halogens is 1. The van der Waals surface area contributed by atoms with Crippen LogP contribution in [0.15, 0.2) is 24.4 Å². The fourth-order valence-electron chi connectivity index (χ4n) is 2.42. The van der Waals surface area contributed by atoms with Crippen molar-refractivity contribution in [2.45, 2.75) is 51.0 Å². The van der Waals surface area contributed by atoms with Gasteiger partial charge in [0.15, 0.2) is 0 Å². The summed E-state index contributed by atoms with van der Waals surface area (Å²) < 4.78 is 2.19. The second kappa shape index (κ2) is 7.00. The van der Waals surface area contributed by atoms with E-state index in [1.54, 1.807) is 0 Å². The summed E-state index contributed by atoms with van der Waals surface area (Å²) in [5.41, 5.74) is 1.20. The summed E-state index contributed by atoms with van der Waals surface area (Å²) in [4.78, 5) is 0. The molecule has 1 heterocycles. The quantitative estimate of drug-likeness (QED) is 0.586. The summed E-state index contributed by atoms with van der Waals surface area (Å²) in [6, 6.07) is 2.82. The minimum absolute atomic E-state index is 0.657. The average molecular weight is 297 g/mol. The molecule has 1 aliphatic rings. The predicted octanol–water partition coefficient (Wildman–Crippen LogP) is 4.27. The van der Waals surface area contributed by atoms with E-state index in [1.165, 1.54) is 37.8 Å². The molecular formula is C14H21BrN2. The van der Waals surface area contributed by atoms with Gasteiger partial charge in [-0.1, -0.05) is 47.3 Å². The Balaban J connectivity index is 1.86. The van der Waals surface area contributed by atoms with Gasteiger partial charge >= 0.3 is 0 Å². The zero-order valence-corrected chi connectivity index (χ0v) is 11.9. The van der Waals surface area contributed by atoms with Crippen molar-refractivity contribution in [1.29, 1.82) is 0 Å². The van der Waals surface area contributed by atoms with E-state index in [0.717, 1.165) is 18.2 Å². The maximum Gasteiger partial charge on any atom is 0.0662 e. The molecule has 0 radical (unpaired) electrons. The number of aromatic nitrogens is 2. The summed E-state index contributed by atoms with van der Waals surface area (Å²) in [6.07, 6.45) is 15.4. The van der Waals surface area contributed by atoms with E-state index < -0.39 is 0 Å². The Kier molecular flexibility index (Phi) is 5.30. The Morgan fingerprint density at radius 1 is 1.29 bits per heavy atom. The van der Waals surface area contributed by atoms with Crippen LogP contribution < -0.4 is 0 Å². The minimum atomic E-state index is 0.657. The van der Waals surface area contributed by atoms with Crippen LogP contribution in [0, 0.1) is 0 Å². The zero-order valence-electron chi connectivity index (χ0n) is 10.3. The first-order valence-corrected chi connectivity index (χ1v) is 7.77. The fourth-order valence-corrected chi connectivity index (χ4v) is 2.68. The molecule has 0 saturated heterocycles. The van der Waals surface area contributed by atoms with Crippen LogP contribution >= 0.6 is 15.9 Å². The summed E-state index contributed by atoms with van der Waals surface area (Å²) in [5, 5.41) is 5.73. The van der Waals surface area contributed by atoms with Gasteiger partial charge in [0.25, 0.3) is 0 Å². The molecule has 1 saturated carbocycles. The van der Waals surface area contributed by atoms with Crippen molar-refractivity contribution in [2.24, 2.45) is 0 Å². The summed E-state index contributed by atoms with van der Waals surface area (Å²) in [5.74, 6) is 0. The molecule has 0 bridgehead atoms. The summed E-state index contributed by atoms with van der Waals surface area (Å²) in [6.45, 7) is 0. The first-order chi connectivity index (χ1) is 8.40. The monoisotopic (exact) mass is 296 g/mol. The molecule has 0 atom stereocenters. The maximum absolute atomic E-state index is 4.69. The average Bonchev–Trinajstić information content (AvgIpc) is 2.85. The fraction of sp³-hybridized carbons (Fsp3) is 0.643. The number of hydrogen-bond acceptors (Lipinski definition) is 1. The third-order valence-electron chi connectivity index (χ3n) is 3.38. The lowest BCUT2D eigenvalue weighted by Gasteiger charge is -2.21. The molecule has 94 valence electrons. The van der Waals surface area contributed by atoms with Gasteiger partial charge in [0.2, 0.25) is 0 Å². The van der Waals surface area contributed by atoms with Crippen molar-refractivity contribution in [1.82, 2.24) is 9.78 Å². The SMILES string of the molecule is BrCCC=CCc1ccn(C2CCCCC2)n1. The van der Waals surface area contributed by atoms with Crippen molar-refractivity contribution in [3.8, 4) is 0 Å². The number of nitrogens with zero attached hydrogens (tertiary/aromatic N) is 2. The van der Waals surface area contributed by atoms with Crippen molar-refractivity contribution in [3.63, 3.8) is 0 Å². The first-order valence-electron chi connectivity index (χ1n) is 6.65. The van der Waals surface area contributed by atoms with Crippen LogP contribution in [0.3, 0.4) is 0 Å². The second-order valence-electron chi connectivity index (χ2n) is 4.73. The first kappa shape index (κ1) is 12.9. The highest BCUT2D eigenvalue weighted by Gasteiger charge is 2.15. The Bertz CT molecular complexity index is 351. The van der Waals surface area contributed by atoms with Crippen molar-refractivity contribution in [2.75, 3.05) is 5.33 Å². The number of alkyl halides is 1. The van der Waals surface area contributed by atoms with E-state index in [-0.39, 0.29) is 0 Å². The molecule has 0 aromatic carbocycles. The Morgan fingerprint density at radius 3 is 2.88 bits per heavy atom. The van der Waals surface area contributed by atoms with Crippen LogP contribution in [-0.4, -0.2) is 15.1 Å². The molecule has 2 nitrogen and oxygen atoms in total. The molecule has 1 aromatic rings. The number of allylic oxidation sites excluding steroid dienone is 2. The van der Waals surface area contributed by atoms with Crippen molar-refractivity contribution < 1.29 is 0 Å². The Hall–Kier alpha value is -0.570. The van der Waals surface area contributed by atoms with Crippen LogP contribution in [0.5, 0.6) is 0 Å². The molecule has 0 aliphatic heterocycles. The zero-order chi connectivity index (χ0) is 11.9. The lowest BCUT2D eigenvalue weighted by molar-refractivity contribution is 0.328. The summed E-state index contributed by atoms with van der Waals surface area (Å²) in [7, 11) is 0. The molecule has 1 aromatic heterocycles. The molecule has 17 heavy (non-hydrogen) atoms. The van der Waals surface area contributed by atoms with Gasteiger partial charge in [-0.05, 0) is 25.3 Å². The van der Waals surface area contributed by atoms with Crippen LogP contribution in [0.4, 0.5) is 0 Å². The van der Waals surface area contributed by atoms with Crippen molar-refractivity contribution >= 4 is 15.9 Å². The third kappa shape index (κ3) is 3.98. The van der Waals surface area contributed by atoms with E-state index in [0.29, 0.717) is 6.04 Å². The van der Waals surface area contributed by atoms with E-state index in [1.807, 2.05) is 0 Å². The van der Waals surface area contributed by atoms with Gasteiger partial charge in [0, 0.05) is 17.9 Å². The van der Waals surface area contributed by atoms with Crippen LogP contribution in [0.2, 0.25) is 0 Å². The predicted molar refractivity (Wildman–Crippen MR) is 75.6 cm³/mol. The number of rotatable bonds is 5. The maximum atomic E-state index is 4.69. The van der Waals surface area contributed by atoms with Gasteiger partial charge in [-0.2, -0.15) is 5.10 Å². The molecule has 0 N–H and O–H groups in total. The second-order valence-corrected chi connectivity index (χ2v) is 5.53. The molecule has 1 fully saturated rings. The third-order valence-corrected chi connectivity index (χ3v) is 3.84. The Morgan fingerprint density at radius 2 is 2.12 bits per heavy atom. The normalized spacial score (nSPS) is 17.9. The Labute approximate surface area is 112 Å². The molecule has 0 spiro atoms. The van der Waals surface area contributed by atoms with Gasteiger partial charge in [0.05, 0.1) is 11.7 Å². The van der Waals surface area contributed by atoms with Crippen LogP contribution in [-0.2, 0) is 6.42 Å². The highest BCUT2D eigenvalue weighted by atomic mass is 79.9. The molecule has 0 amide bonds. The lowest BCUT2D eigenvalue weighted by Crippen LogP contribution is -2.13. The highest BCUT2D eigenvalue weighted by molar-refractivity contribution is 9.09. The van der Waals surface area contributed by atoms with Gasteiger partial charge in [-0.15, -0.1) is 0 Å². The van der Waals surface area contributed by atoms with Crippen LogP contribution in [0.25, 0.3) is 0 Å². The highest BCUT2D eigenvalue weighted by Crippen LogP contribution is 2.27. The van der Waals surface area contributed by atoms with E-state index >= 15 is 0 Å². The largest absolute Gasteiger partial charge is 0.269 e. The van der Waals surface area contributed by atoms with Gasteiger partial charge in [-0.3, -0.25) is 4.68 Å². The van der Waals surface area contributed by atoms with Gasteiger partial charge < -0.3 is 0 Å². The molecular weight excluding hydrogens is 276 g/mol. The van der Waals surface area contributed by atoms with Gasteiger partial charge in [-0.25, -0.2) is 0 Å². The van der Waals surface area contributed by atoms with E-state index in [4.69, 9.17) is 0 Å².